The summed E-state index contributed by atoms with van der Waals surface area (Å²) in [6, 6.07) is 21.2. The molecule has 3 heterocycles. The van der Waals surface area contributed by atoms with E-state index in [0.29, 0.717) is 16.8 Å². The standard InChI is InChI=1S/C26H24N4O6/c31-21(13-16-7-3-1-4-8-16)35-14-20-22(32)23(33)24(36-20)18-11-12-19-25(27-15-28-30(18)19)29-26(34)17-9-5-2-6-10-17/h1-12,15,20,22-24,32-33H,13-14H2,(H,27,28,29,34)/t20-,22-,23-,24?/m1/s1. The van der Waals surface area contributed by atoms with Crippen molar-refractivity contribution in [3.8, 4) is 0 Å². The number of nitrogens with zero attached hydrogens (tertiary/aromatic N) is 3. The molecular formula is C26H24N4O6. The van der Waals surface area contributed by atoms with Crippen LogP contribution in [0.15, 0.2) is 79.1 Å². The van der Waals surface area contributed by atoms with Crippen molar-refractivity contribution in [2.45, 2.75) is 30.8 Å². The summed E-state index contributed by atoms with van der Waals surface area (Å²) in [6.45, 7) is -0.211. The van der Waals surface area contributed by atoms with Crippen molar-refractivity contribution in [2.75, 3.05) is 11.9 Å². The number of fused-ring (bicyclic) bond motifs is 1. The Bertz CT molecular complexity index is 1360. The number of benzene rings is 2. The van der Waals surface area contributed by atoms with E-state index < -0.39 is 30.4 Å². The van der Waals surface area contributed by atoms with Crippen LogP contribution in [-0.4, -0.2) is 61.6 Å². The number of aromatic nitrogens is 3. The Kier molecular flexibility index (Phi) is 6.72. The number of aliphatic hydroxyl groups is 2. The molecule has 184 valence electrons. The zero-order valence-electron chi connectivity index (χ0n) is 19.1. The number of amides is 1. The third-order valence-electron chi connectivity index (χ3n) is 6.00. The molecule has 0 radical (unpaired) electrons. The largest absolute Gasteiger partial charge is 0.463 e. The lowest BCUT2D eigenvalue weighted by Gasteiger charge is -2.15. The Labute approximate surface area is 206 Å². The zero-order chi connectivity index (χ0) is 25.1. The van der Waals surface area contributed by atoms with Crippen molar-refractivity contribution in [1.29, 1.82) is 0 Å². The Balaban J connectivity index is 1.28. The number of ether oxygens (including phenoxy) is 2. The van der Waals surface area contributed by atoms with Crippen LogP contribution in [0.2, 0.25) is 0 Å². The molecule has 1 unspecified atom stereocenters. The number of esters is 1. The summed E-state index contributed by atoms with van der Waals surface area (Å²) in [5.74, 6) is -0.511. The Hall–Kier alpha value is -4.12. The molecule has 36 heavy (non-hydrogen) atoms. The van der Waals surface area contributed by atoms with E-state index in [1.54, 1.807) is 36.4 Å². The lowest BCUT2D eigenvalue weighted by Crippen LogP contribution is -2.34. The molecule has 5 rings (SSSR count). The molecule has 4 atom stereocenters. The van der Waals surface area contributed by atoms with Crippen molar-refractivity contribution >= 4 is 23.2 Å². The topological polar surface area (TPSA) is 135 Å². The normalized spacial score (nSPS) is 21.4. The molecule has 4 aromatic rings. The fourth-order valence-corrected chi connectivity index (χ4v) is 4.15. The predicted octanol–water partition coefficient (Wildman–Crippen LogP) is 1.93. The van der Waals surface area contributed by atoms with Gasteiger partial charge in [0, 0.05) is 5.56 Å². The quantitative estimate of drug-likeness (QED) is 0.336. The number of rotatable bonds is 7. The first-order chi connectivity index (χ1) is 17.5. The highest BCUT2D eigenvalue weighted by atomic mass is 16.6. The minimum atomic E-state index is -1.28. The molecule has 0 spiro atoms. The highest BCUT2D eigenvalue weighted by Gasteiger charge is 2.45. The minimum absolute atomic E-state index is 0.0907. The fraction of sp³-hybridized carbons (Fsp3) is 0.231. The van der Waals surface area contributed by atoms with E-state index in [-0.39, 0.29) is 24.8 Å². The third kappa shape index (κ3) is 4.82. The molecule has 3 N–H and O–H groups in total. The maximum Gasteiger partial charge on any atom is 0.310 e. The van der Waals surface area contributed by atoms with E-state index in [2.05, 4.69) is 15.4 Å². The lowest BCUT2D eigenvalue weighted by atomic mass is 10.1. The van der Waals surface area contributed by atoms with Gasteiger partial charge in [-0.05, 0) is 29.8 Å². The maximum absolute atomic E-state index is 12.6. The van der Waals surface area contributed by atoms with Crippen LogP contribution in [0.3, 0.4) is 0 Å². The van der Waals surface area contributed by atoms with Gasteiger partial charge in [-0.15, -0.1) is 0 Å². The van der Waals surface area contributed by atoms with Crippen LogP contribution in [0, 0.1) is 0 Å². The number of anilines is 1. The van der Waals surface area contributed by atoms with Crippen molar-refractivity contribution < 1.29 is 29.3 Å². The fourth-order valence-electron chi connectivity index (χ4n) is 4.15. The molecule has 10 heteroatoms. The maximum atomic E-state index is 12.6. The Morgan fingerprint density at radius 1 is 0.972 bits per heavy atom. The van der Waals surface area contributed by atoms with Crippen LogP contribution < -0.4 is 5.32 Å². The first-order valence-corrected chi connectivity index (χ1v) is 11.4. The van der Waals surface area contributed by atoms with Gasteiger partial charge in [0.25, 0.3) is 5.91 Å². The molecule has 0 bridgehead atoms. The van der Waals surface area contributed by atoms with Crippen LogP contribution in [0.4, 0.5) is 5.82 Å². The summed E-state index contributed by atoms with van der Waals surface area (Å²) >= 11 is 0. The summed E-state index contributed by atoms with van der Waals surface area (Å²) in [6.07, 6.45) is -3.05. The SMILES string of the molecule is O=C(Cc1ccccc1)OC[C@H]1OC(c2ccc3c(NC(=O)c4ccccc4)ncnn23)[C@H](O)[C@@H]1O. The molecule has 10 nitrogen and oxygen atoms in total. The number of nitrogens with one attached hydrogen (secondary N) is 1. The van der Waals surface area contributed by atoms with E-state index in [9.17, 15) is 19.8 Å². The van der Waals surface area contributed by atoms with Gasteiger partial charge in [-0.1, -0.05) is 48.5 Å². The molecule has 0 saturated carbocycles. The molecular weight excluding hydrogens is 464 g/mol. The highest BCUT2D eigenvalue weighted by Crippen LogP contribution is 2.35. The molecule has 2 aromatic heterocycles. The van der Waals surface area contributed by atoms with Crippen molar-refractivity contribution in [3.05, 3.63) is 95.9 Å². The highest BCUT2D eigenvalue weighted by molar-refractivity contribution is 6.05. The van der Waals surface area contributed by atoms with Gasteiger partial charge in [0.2, 0.25) is 0 Å². The minimum Gasteiger partial charge on any atom is -0.463 e. The van der Waals surface area contributed by atoms with Crippen LogP contribution in [0.25, 0.3) is 5.52 Å². The smallest absolute Gasteiger partial charge is 0.310 e. The molecule has 0 aliphatic carbocycles. The van der Waals surface area contributed by atoms with E-state index in [0.717, 1.165) is 5.56 Å². The zero-order valence-corrected chi connectivity index (χ0v) is 19.1. The van der Waals surface area contributed by atoms with E-state index in [1.807, 2.05) is 36.4 Å². The number of aliphatic hydroxyl groups excluding tert-OH is 2. The van der Waals surface area contributed by atoms with Gasteiger partial charge in [-0.25, -0.2) is 9.50 Å². The average molecular weight is 489 g/mol. The summed E-state index contributed by atoms with van der Waals surface area (Å²) in [5, 5.41) is 28.2. The van der Waals surface area contributed by atoms with Crippen LogP contribution in [0.5, 0.6) is 0 Å². The number of hydrogen-bond donors (Lipinski definition) is 3. The van der Waals surface area contributed by atoms with Gasteiger partial charge in [0.05, 0.1) is 12.1 Å². The van der Waals surface area contributed by atoms with Gasteiger partial charge in [-0.3, -0.25) is 9.59 Å². The number of hydrogen-bond acceptors (Lipinski definition) is 8. The first kappa shape index (κ1) is 23.6. The summed E-state index contributed by atoms with van der Waals surface area (Å²) in [7, 11) is 0. The molecule has 1 amide bonds. The van der Waals surface area contributed by atoms with Gasteiger partial charge in [-0.2, -0.15) is 5.10 Å². The first-order valence-electron chi connectivity index (χ1n) is 11.4. The third-order valence-corrected chi connectivity index (χ3v) is 6.00. The predicted molar refractivity (Wildman–Crippen MR) is 128 cm³/mol. The second kappa shape index (κ2) is 10.2. The van der Waals surface area contributed by atoms with Gasteiger partial charge < -0.3 is 25.0 Å². The Morgan fingerprint density at radius 2 is 1.69 bits per heavy atom. The average Bonchev–Trinajstić information content (AvgIpc) is 3.45. The summed E-state index contributed by atoms with van der Waals surface area (Å²) < 4.78 is 12.7. The van der Waals surface area contributed by atoms with E-state index in [4.69, 9.17) is 9.47 Å². The van der Waals surface area contributed by atoms with E-state index in [1.165, 1.54) is 10.8 Å². The second-order valence-electron chi connectivity index (χ2n) is 8.41. The van der Waals surface area contributed by atoms with Crippen LogP contribution >= 0.6 is 0 Å². The molecule has 1 saturated heterocycles. The molecule has 1 aliphatic rings. The summed E-state index contributed by atoms with van der Waals surface area (Å²) in [4.78, 5) is 28.9. The summed E-state index contributed by atoms with van der Waals surface area (Å²) in [5.41, 5.74) is 2.22. The monoisotopic (exact) mass is 488 g/mol. The van der Waals surface area contributed by atoms with E-state index >= 15 is 0 Å². The van der Waals surface area contributed by atoms with Crippen molar-refractivity contribution in [3.63, 3.8) is 0 Å². The van der Waals surface area contributed by atoms with Crippen molar-refractivity contribution in [1.82, 2.24) is 14.6 Å². The van der Waals surface area contributed by atoms with Gasteiger partial charge in [0.1, 0.15) is 42.9 Å². The Morgan fingerprint density at radius 3 is 2.44 bits per heavy atom. The van der Waals surface area contributed by atoms with Gasteiger partial charge in [0.15, 0.2) is 5.82 Å². The van der Waals surface area contributed by atoms with Crippen LogP contribution in [-0.2, 0) is 20.7 Å². The van der Waals surface area contributed by atoms with Crippen molar-refractivity contribution in [2.24, 2.45) is 0 Å². The van der Waals surface area contributed by atoms with Gasteiger partial charge >= 0.3 is 5.97 Å². The molecule has 2 aromatic carbocycles. The second-order valence-corrected chi connectivity index (χ2v) is 8.41. The number of carbonyl (C=O) groups excluding carboxylic acids is 2. The lowest BCUT2D eigenvalue weighted by molar-refractivity contribution is -0.148. The molecule has 1 fully saturated rings. The van der Waals surface area contributed by atoms with Crippen LogP contribution in [0.1, 0.15) is 27.7 Å². The molecule has 1 aliphatic heterocycles. The number of carbonyl (C=O) groups is 2.